The summed E-state index contributed by atoms with van der Waals surface area (Å²) in [5, 5.41) is 8.80. The number of nitriles is 1. The highest BCUT2D eigenvalue weighted by molar-refractivity contribution is 8.22. The molecule has 1 saturated heterocycles. The molecule has 7 nitrogen and oxygen atoms in total. The zero-order valence-corrected chi connectivity index (χ0v) is 18.0. The molecule has 9 heteroatoms. The van der Waals surface area contributed by atoms with Gasteiger partial charge in [-0.15, -0.1) is 0 Å². The number of thiocarbonyl (C=S) groups is 1. The van der Waals surface area contributed by atoms with Gasteiger partial charge in [0.05, 0.1) is 5.56 Å². The third-order valence-electron chi connectivity index (χ3n) is 4.56. The number of carbonyl (C=O) groups excluding carboxylic acids is 2. The Hall–Kier alpha value is -2.96. The minimum Gasteiger partial charge on any atom is -0.409 e. The van der Waals surface area contributed by atoms with E-state index < -0.39 is 6.09 Å². The number of para-hydroxylation sites is 1. The molecule has 1 aromatic heterocycles. The van der Waals surface area contributed by atoms with Crippen molar-refractivity contribution in [1.82, 2.24) is 14.8 Å². The minimum atomic E-state index is -0.467. The molecule has 3 rings (SSSR count). The molecule has 0 bridgehead atoms. The van der Waals surface area contributed by atoms with Crippen LogP contribution in [0.4, 0.5) is 4.79 Å². The Morgan fingerprint density at radius 1 is 1.17 bits per heavy atom. The van der Waals surface area contributed by atoms with E-state index >= 15 is 0 Å². The van der Waals surface area contributed by atoms with Crippen molar-refractivity contribution in [2.24, 2.45) is 0 Å². The molecule has 0 spiro atoms. The summed E-state index contributed by atoms with van der Waals surface area (Å²) in [6.07, 6.45) is 1.21. The van der Waals surface area contributed by atoms with Crippen LogP contribution in [0.3, 0.4) is 0 Å². The predicted octanol–water partition coefficient (Wildman–Crippen LogP) is 3.49. The number of hydrogen-bond acceptors (Lipinski definition) is 7. The molecule has 1 fully saturated rings. The van der Waals surface area contributed by atoms with Crippen LogP contribution in [0.15, 0.2) is 42.6 Å². The zero-order valence-electron chi connectivity index (χ0n) is 16.4. The van der Waals surface area contributed by atoms with Crippen LogP contribution in [0.25, 0.3) is 0 Å². The van der Waals surface area contributed by atoms with Crippen LogP contribution < -0.4 is 4.74 Å². The van der Waals surface area contributed by atoms with Crippen molar-refractivity contribution in [2.45, 2.75) is 12.7 Å². The fraction of sp³-hybridized carbons (Fsp3) is 0.286. The van der Waals surface area contributed by atoms with Gasteiger partial charge in [-0.2, -0.15) is 5.26 Å². The summed E-state index contributed by atoms with van der Waals surface area (Å²) in [6.45, 7) is 3.64. The molecule has 0 N–H and O–H groups in total. The zero-order chi connectivity index (χ0) is 21.5. The highest BCUT2D eigenvalue weighted by Gasteiger charge is 2.25. The van der Waals surface area contributed by atoms with Crippen molar-refractivity contribution in [3.05, 3.63) is 59.4 Å². The summed E-state index contributed by atoms with van der Waals surface area (Å²) >= 11 is 7.05. The third-order valence-corrected chi connectivity index (χ3v) is 6.16. The van der Waals surface area contributed by atoms with E-state index in [1.165, 1.54) is 18.7 Å². The second-order valence-electron chi connectivity index (χ2n) is 6.61. The molecular formula is C21H20N4O3S2. The van der Waals surface area contributed by atoms with Crippen LogP contribution in [0.1, 0.15) is 28.5 Å². The first-order chi connectivity index (χ1) is 14.5. The number of nitrogens with zero attached hydrogens (tertiary/aromatic N) is 4. The average molecular weight is 441 g/mol. The predicted molar refractivity (Wildman–Crippen MR) is 118 cm³/mol. The first-order valence-corrected chi connectivity index (χ1v) is 10.7. The number of piperazine rings is 1. The van der Waals surface area contributed by atoms with Crippen molar-refractivity contribution in [3.63, 3.8) is 0 Å². The second kappa shape index (κ2) is 10.2. The minimum absolute atomic E-state index is 0.150. The Morgan fingerprint density at radius 3 is 2.50 bits per heavy atom. The van der Waals surface area contributed by atoms with Gasteiger partial charge in [0, 0.05) is 38.1 Å². The number of carbonyl (C=O) groups is 2. The van der Waals surface area contributed by atoms with E-state index in [9.17, 15) is 9.59 Å². The van der Waals surface area contributed by atoms with Gasteiger partial charge in [0.2, 0.25) is 0 Å². The van der Waals surface area contributed by atoms with Crippen LogP contribution in [-0.2, 0) is 5.75 Å². The van der Waals surface area contributed by atoms with E-state index in [4.69, 9.17) is 22.2 Å². The lowest BCUT2D eigenvalue weighted by molar-refractivity contribution is 0.101. The monoisotopic (exact) mass is 440 g/mol. The smallest absolute Gasteiger partial charge is 0.409 e. The molecule has 0 atom stereocenters. The lowest BCUT2D eigenvalue weighted by atomic mass is 10.1. The van der Waals surface area contributed by atoms with Gasteiger partial charge in [0.25, 0.3) is 0 Å². The third kappa shape index (κ3) is 5.55. The number of pyridine rings is 1. The highest BCUT2D eigenvalue weighted by atomic mass is 32.2. The van der Waals surface area contributed by atoms with E-state index in [2.05, 4.69) is 9.88 Å². The summed E-state index contributed by atoms with van der Waals surface area (Å²) in [4.78, 5) is 31.9. The van der Waals surface area contributed by atoms with Gasteiger partial charge in [0.1, 0.15) is 21.8 Å². The molecule has 1 aliphatic rings. The number of thioether (sulfide) groups is 1. The number of amides is 1. The molecule has 0 radical (unpaired) electrons. The van der Waals surface area contributed by atoms with Gasteiger partial charge in [-0.25, -0.2) is 9.78 Å². The Morgan fingerprint density at radius 2 is 1.87 bits per heavy atom. The number of ether oxygens (including phenoxy) is 1. The molecule has 0 unspecified atom stereocenters. The molecule has 154 valence electrons. The van der Waals surface area contributed by atoms with E-state index in [1.807, 2.05) is 12.1 Å². The molecule has 0 aliphatic carbocycles. The Kier molecular flexibility index (Phi) is 7.38. The molecular weight excluding hydrogens is 420 g/mol. The Labute approximate surface area is 184 Å². The average Bonchev–Trinajstić information content (AvgIpc) is 2.78. The molecule has 30 heavy (non-hydrogen) atoms. The first kappa shape index (κ1) is 21.7. The standard InChI is InChI=1S/C21H20N4O3S2/c1-15(26)18-4-2-3-5-19(18)28-20(27)24-8-10-25(11-9-24)21(29)30-14-16-6-7-17(12-22)23-13-16/h2-7,13H,8-11,14H2,1H3. The van der Waals surface area contributed by atoms with E-state index in [0.717, 1.165) is 9.88 Å². The summed E-state index contributed by atoms with van der Waals surface area (Å²) < 4.78 is 6.20. The molecule has 1 aromatic carbocycles. The maximum Gasteiger partial charge on any atom is 0.415 e. The molecule has 2 heterocycles. The van der Waals surface area contributed by atoms with E-state index in [0.29, 0.717) is 43.2 Å². The number of Topliss-reactive ketones (excluding diaryl/α,β-unsaturated/α-hetero) is 1. The summed E-state index contributed by atoms with van der Waals surface area (Å²) in [6, 6.07) is 12.3. The molecule has 2 aromatic rings. The fourth-order valence-corrected chi connectivity index (χ4v) is 4.07. The fourth-order valence-electron chi connectivity index (χ4n) is 2.89. The van der Waals surface area contributed by atoms with Crippen molar-refractivity contribution < 1.29 is 14.3 Å². The van der Waals surface area contributed by atoms with E-state index in [-0.39, 0.29) is 11.5 Å². The van der Waals surface area contributed by atoms with Crippen molar-refractivity contribution in [3.8, 4) is 11.8 Å². The maximum atomic E-state index is 12.5. The first-order valence-electron chi connectivity index (χ1n) is 9.31. The molecule has 1 amide bonds. The highest BCUT2D eigenvalue weighted by Crippen LogP contribution is 2.21. The lowest BCUT2D eigenvalue weighted by Crippen LogP contribution is -2.50. The van der Waals surface area contributed by atoms with Gasteiger partial charge < -0.3 is 14.5 Å². The van der Waals surface area contributed by atoms with E-state index in [1.54, 1.807) is 41.4 Å². The van der Waals surface area contributed by atoms with Gasteiger partial charge in [-0.05, 0) is 30.7 Å². The van der Waals surface area contributed by atoms with Crippen molar-refractivity contribution in [2.75, 3.05) is 26.2 Å². The van der Waals surface area contributed by atoms with Gasteiger partial charge in [-0.1, -0.05) is 42.2 Å². The normalized spacial score (nSPS) is 13.5. The van der Waals surface area contributed by atoms with Crippen LogP contribution in [0, 0.1) is 11.3 Å². The largest absolute Gasteiger partial charge is 0.415 e. The van der Waals surface area contributed by atoms with Crippen LogP contribution in [-0.4, -0.2) is 57.2 Å². The number of benzene rings is 1. The Bertz CT molecular complexity index is 980. The Balaban J connectivity index is 1.48. The van der Waals surface area contributed by atoms with Crippen LogP contribution >= 0.6 is 24.0 Å². The summed E-state index contributed by atoms with van der Waals surface area (Å²) in [7, 11) is 0. The number of aromatic nitrogens is 1. The number of hydrogen-bond donors (Lipinski definition) is 0. The van der Waals surface area contributed by atoms with Gasteiger partial charge >= 0.3 is 6.09 Å². The van der Waals surface area contributed by atoms with Crippen molar-refractivity contribution in [1.29, 1.82) is 5.26 Å². The summed E-state index contributed by atoms with van der Waals surface area (Å²) in [5.74, 6) is 0.796. The molecule has 0 saturated carbocycles. The quantitative estimate of drug-likeness (QED) is 0.528. The van der Waals surface area contributed by atoms with Gasteiger partial charge in [0.15, 0.2) is 5.78 Å². The van der Waals surface area contributed by atoms with Gasteiger partial charge in [-0.3, -0.25) is 4.79 Å². The second-order valence-corrected chi connectivity index (χ2v) is 8.22. The van der Waals surface area contributed by atoms with Crippen LogP contribution in [0.2, 0.25) is 0 Å². The SMILES string of the molecule is CC(=O)c1ccccc1OC(=O)N1CCN(C(=S)SCc2ccc(C#N)nc2)CC1. The lowest BCUT2D eigenvalue weighted by Gasteiger charge is -2.35. The molecule has 1 aliphatic heterocycles. The van der Waals surface area contributed by atoms with Crippen molar-refractivity contribution >= 4 is 40.2 Å². The maximum absolute atomic E-state index is 12.5. The van der Waals surface area contributed by atoms with Crippen LogP contribution in [0.5, 0.6) is 5.75 Å². The summed E-state index contributed by atoms with van der Waals surface area (Å²) in [5.41, 5.74) is 1.77. The topological polar surface area (TPSA) is 86.5 Å². The number of rotatable bonds is 4. The number of ketones is 1.